The Morgan fingerprint density at radius 1 is 1.29 bits per heavy atom. The van der Waals surface area contributed by atoms with Crippen LogP contribution in [-0.4, -0.2) is 82.0 Å². The summed E-state index contributed by atoms with van der Waals surface area (Å²) < 4.78 is 25.5. The number of halogens is 1. The minimum atomic E-state index is -2.18. The highest BCUT2D eigenvalue weighted by molar-refractivity contribution is 6.67. The van der Waals surface area contributed by atoms with Gasteiger partial charge in [0.15, 0.2) is 6.17 Å². The molecule has 1 saturated heterocycles. The largest absolute Gasteiger partial charge is 0.496 e. The number of benzene rings is 1. The van der Waals surface area contributed by atoms with Crippen LogP contribution in [0.1, 0.15) is 10.4 Å². The Kier molecular flexibility index (Phi) is 6.08. The molecule has 1 aliphatic heterocycles. The molecule has 0 aliphatic carbocycles. The Balaban J connectivity index is 1.92. The molecule has 13 heteroatoms. The fourth-order valence-corrected chi connectivity index (χ4v) is 3.55. The molecule has 2 amide bonds. The van der Waals surface area contributed by atoms with E-state index >= 15 is 0 Å². The highest BCUT2D eigenvalue weighted by Crippen LogP contribution is 2.50. The molecule has 0 saturated carbocycles. The molecule has 2 aromatic rings. The molecule has 3 rings (SSSR count). The first-order valence-corrected chi connectivity index (χ1v) is 9.16. The van der Waals surface area contributed by atoms with Gasteiger partial charge in [0.25, 0.3) is 11.8 Å². The third kappa shape index (κ3) is 4.14. The number of nitrogens with zero attached hydrogens (tertiary/aromatic N) is 1. The van der Waals surface area contributed by atoms with Crippen molar-refractivity contribution in [1.82, 2.24) is 10.3 Å². The number of nitrogens with two attached hydrogens (primary N) is 1. The highest BCUT2D eigenvalue weighted by atomic mass is 19.1. The molecule has 0 unspecified atom stereocenters. The molecule has 1 aromatic carbocycles. The summed E-state index contributed by atoms with van der Waals surface area (Å²) in [6, 6.07) is 3.69. The van der Waals surface area contributed by atoms with Crippen LogP contribution in [0.3, 0.4) is 0 Å². The van der Waals surface area contributed by atoms with Crippen molar-refractivity contribution >= 4 is 61.8 Å². The third-order valence-electron chi connectivity index (χ3n) is 5.34. The number of pyridine rings is 1. The average Bonchev–Trinajstić information content (AvgIpc) is 2.98. The number of fused-ring (bicyclic) bond motifs is 1. The number of rotatable bonds is 7. The van der Waals surface area contributed by atoms with Gasteiger partial charge in [0.1, 0.15) is 12.4 Å². The molecular weight excluding hydrogens is 395 g/mol. The molecular formula is C18H15B5FN3O4. The number of amides is 2. The normalized spacial score (nSPS) is 21.6. The van der Waals surface area contributed by atoms with Crippen molar-refractivity contribution in [3.8, 4) is 11.6 Å². The molecule has 2 heterocycles. The minimum Gasteiger partial charge on any atom is -0.496 e. The minimum absolute atomic E-state index is 0.126. The molecule has 0 spiro atoms. The number of methoxy groups -OCH3 is 1. The lowest BCUT2D eigenvalue weighted by molar-refractivity contribution is -0.124. The Labute approximate surface area is 185 Å². The number of alkyl halides is 1. The zero-order valence-electron chi connectivity index (χ0n) is 16.7. The van der Waals surface area contributed by atoms with Crippen LogP contribution in [0.4, 0.5) is 4.39 Å². The van der Waals surface area contributed by atoms with E-state index in [0.717, 1.165) is 0 Å². The molecule has 31 heavy (non-hydrogen) atoms. The van der Waals surface area contributed by atoms with Crippen molar-refractivity contribution in [1.29, 1.82) is 0 Å². The molecule has 148 valence electrons. The van der Waals surface area contributed by atoms with Crippen LogP contribution >= 0.6 is 0 Å². The van der Waals surface area contributed by atoms with Gasteiger partial charge >= 0.3 is 0 Å². The van der Waals surface area contributed by atoms with E-state index in [2.05, 4.69) is 10.3 Å². The topological polar surface area (TPSA) is 104 Å². The predicted molar refractivity (Wildman–Crippen MR) is 117 cm³/mol. The van der Waals surface area contributed by atoms with Gasteiger partial charge in [-0.25, -0.2) is 9.37 Å². The van der Waals surface area contributed by atoms with E-state index in [0.29, 0.717) is 10.8 Å². The summed E-state index contributed by atoms with van der Waals surface area (Å²) in [5.41, 5.74) is 5.56. The van der Waals surface area contributed by atoms with Crippen LogP contribution < -0.4 is 20.5 Å². The summed E-state index contributed by atoms with van der Waals surface area (Å²) in [7, 11) is 30.1. The first kappa shape index (κ1) is 23.1. The fourth-order valence-electron chi connectivity index (χ4n) is 3.55. The van der Waals surface area contributed by atoms with E-state index < -0.39 is 40.3 Å². The second kappa shape index (κ2) is 8.17. The van der Waals surface area contributed by atoms with Gasteiger partial charge in [0.2, 0.25) is 5.88 Å². The third-order valence-corrected chi connectivity index (χ3v) is 5.34. The number of hydrogen-bond acceptors (Lipinski definition) is 5. The number of carbonyl (C=O) groups excluding carboxylic acids is 2. The number of carbonyl (C=O) groups is 2. The maximum absolute atomic E-state index is 14.6. The quantitative estimate of drug-likeness (QED) is 0.582. The standard InChI is InChI=1S/C18H15B5FN3O4/c1-30-11-5-8-7(4-9(11)14(25)28)2-3-26-16(8)31-6-10-12(13(24)15(29)27-10)17(19,20)18(21,22)23/h2-5,10,12-13H,6H2,1H3,(H2,25,28)(H,27,29)/t10-,12+,13+/m1/s1. The Morgan fingerprint density at radius 3 is 2.55 bits per heavy atom. The first-order chi connectivity index (χ1) is 14.4. The fraction of sp³-hybridized carbons (Fsp3) is 0.389. The van der Waals surface area contributed by atoms with Crippen molar-refractivity contribution in [3.05, 3.63) is 30.0 Å². The van der Waals surface area contributed by atoms with Gasteiger partial charge in [0.05, 0.1) is 34.4 Å². The van der Waals surface area contributed by atoms with Gasteiger partial charge in [-0.1, -0.05) is 0 Å². The van der Waals surface area contributed by atoms with Crippen LogP contribution in [-0.2, 0) is 4.79 Å². The van der Waals surface area contributed by atoms with E-state index in [1.54, 1.807) is 6.07 Å². The van der Waals surface area contributed by atoms with E-state index in [4.69, 9.17) is 54.4 Å². The van der Waals surface area contributed by atoms with Gasteiger partial charge in [-0.15, -0.1) is 10.3 Å². The molecule has 3 atom stereocenters. The molecule has 10 radical (unpaired) electrons. The molecule has 1 aromatic heterocycles. The monoisotopic (exact) mass is 411 g/mol. The number of nitrogens with one attached hydrogen (secondary N) is 1. The maximum atomic E-state index is 14.6. The molecule has 1 fully saturated rings. The summed E-state index contributed by atoms with van der Waals surface area (Å²) in [6.45, 7) is -0.269. The van der Waals surface area contributed by atoms with E-state index in [-0.39, 0.29) is 23.8 Å². The average molecular weight is 410 g/mol. The second-order valence-electron chi connectivity index (χ2n) is 7.47. The van der Waals surface area contributed by atoms with Crippen molar-refractivity contribution in [2.75, 3.05) is 13.7 Å². The SMILES string of the molecule is [B]C([B])([B])C([B])([B])[C@@H]1[C@H](F)C(=O)N[C@@H]1COc1nccc2cc(C(N)=O)c(OC)cc12. The number of aromatic nitrogens is 1. The van der Waals surface area contributed by atoms with Gasteiger partial charge in [-0.3, -0.25) is 9.59 Å². The zero-order valence-corrected chi connectivity index (χ0v) is 16.7. The van der Waals surface area contributed by atoms with Crippen LogP contribution in [0.2, 0.25) is 10.3 Å². The van der Waals surface area contributed by atoms with Crippen molar-refractivity contribution in [2.24, 2.45) is 11.7 Å². The van der Waals surface area contributed by atoms with E-state index in [1.807, 2.05) is 0 Å². The second-order valence-corrected chi connectivity index (χ2v) is 7.47. The maximum Gasteiger partial charge on any atom is 0.255 e. The van der Waals surface area contributed by atoms with Crippen molar-refractivity contribution < 1.29 is 23.5 Å². The number of hydrogen-bond donors (Lipinski definition) is 2. The van der Waals surface area contributed by atoms with E-state index in [1.165, 1.54) is 25.4 Å². The molecule has 1 aliphatic rings. The summed E-state index contributed by atoms with van der Waals surface area (Å²) >= 11 is 0. The lowest BCUT2D eigenvalue weighted by atomic mass is 9.20. The number of primary amides is 1. The van der Waals surface area contributed by atoms with Gasteiger partial charge in [0, 0.05) is 41.0 Å². The molecule has 3 N–H and O–H groups in total. The van der Waals surface area contributed by atoms with Gasteiger partial charge in [-0.2, -0.15) is 0 Å². The van der Waals surface area contributed by atoms with Crippen LogP contribution in [0.15, 0.2) is 24.4 Å². The van der Waals surface area contributed by atoms with Gasteiger partial charge in [-0.05, 0) is 23.6 Å². The summed E-state index contributed by atoms with van der Waals surface area (Å²) in [5.74, 6) is -2.65. The smallest absolute Gasteiger partial charge is 0.255 e. The summed E-state index contributed by atoms with van der Waals surface area (Å²) in [5, 5.41) is -0.832. The van der Waals surface area contributed by atoms with Crippen LogP contribution in [0.5, 0.6) is 11.6 Å². The predicted octanol–water partition coefficient (Wildman–Crippen LogP) is -0.794. The summed E-state index contributed by atoms with van der Waals surface area (Å²) in [6.07, 6.45) is -0.657. The van der Waals surface area contributed by atoms with E-state index in [9.17, 15) is 14.0 Å². The highest BCUT2D eigenvalue weighted by Gasteiger charge is 2.52. The first-order valence-electron chi connectivity index (χ1n) is 9.16. The van der Waals surface area contributed by atoms with Crippen LogP contribution in [0, 0.1) is 5.92 Å². The Bertz CT molecular complexity index is 1030. The lowest BCUT2D eigenvalue weighted by Gasteiger charge is -2.48. The van der Waals surface area contributed by atoms with Gasteiger partial charge < -0.3 is 20.5 Å². The van der Waals surface area contributed by atoms with Crippen molar-refractivity contribution in [2.45, 2.75) is 22.5 Å². The Hall–Kier alpha value is -2.58. The lowest BCUT2D eigenvalue weighted by Crippen LogP contribution is -2.48. The molecule has 7 nitrogen and oxygen atoms in total. The molecule has 0 bridgehead atoms. The van der Waals surface area contributed by atoms with Crippen LogP contribution in [0.25, 0.3) is 10.8 Å². The summed E-state index contributed by atoms with van der Waals surface area (Å²) in [4.78, 5) is 27.7. The number of ether oxygens (including phenoxy) is 2. The zero-order chi connectivity index (χ0) is 23.1. The van der Waals surface area contributed by atoms with Crippen molar-refractivity contribution in [3.63, 3.8) is 0 Å². The Morgan fingerprint density at radius 2 is 1.97 bits per heavy atom.